The van der Waals surface area contributed by atoms with Gasteiger partial charge in [0.1, 0.15) is 16.7 Å². The number of carbonyl (C=O) groups is 1. The third kappa shape index (κ3) is 2.76. The van der Waals surface area contributed by atoms with Crippen LogP contribution in [0.2, 0.25) is 5.15 Å². The lowest BCUT2D eigenvalue weighted by Crippen LogP contribution is -2.13. The third-order valence-corrected chi connectivity index (χ3v) is 3.38. The molecule has 1 aliphatic heterocycles. The number of amides is 1. The molecule has 1 aromatic heterocycles. The minimum atomic E-state index is -0.584. The molecule has 1 aromatic carbocycles. The highest BCUT2D eigenvalue weighted by atomic mass is 35.5. The van der Waals surface area contributed by atoms with E-state index in [0.717, 1.165) is 0 Å². The van der Waals surface area contributed by atoms with E-state index < -0.39 is 6.09 Å². The van der Waals surface area contributed by atoms with Crippen molar-refractivity contribution in [2.45, 2.75) is 12.5 Å². The molecule has 1 atom stereocenters. The quantitative estimate of drug-likeness (QED) is 0.697. The van der Waals surface area contributed by atoms with Crippen molar-refractivity contribution in [2.24, 2.45) is 5.73 Å². The van der Waals surface area contributed by atoms with Crippen molar-refractivity contribution in [3.63, 3.8) is 0 Å². The average molecular weight is 305 g/mol. The Hall–Kier alpha value is -2.31. The maximum absolute atomic E-state index is 11.7. The second kappa shape index (κ2) is 5.59. The minimum Gasteiger partial charge on any atom is -0.418 e. The van der Waals surface area contributed by atoms with Crippen LogP contribution >= 0.6 is 11.6 Å². The Morgan fingerprint density at radius 3 is 3.05 bits per heavy atom. The van der Waals surface area contributed by atoms with Crippen LogP contribution < -0.4 is 11.1 Å². The van der Waals surface area contributed by atoms with Crippen LogP contribution in [-0.2, 0) is 4.74 Å². The van der Waals surface area contributed by atoms with Crippen LogP contribution in [0.25, 0.3) is 11.3 Å². The summed E-state index contributed by atoms with van der Waals surface area (Å²) < 4.78 is 4.94. The largest absolute Gasteiger partial charge is 0.418 e. The maximum atomic E-state index is 11.7. The van der Waals surface area contributed by atoms with Crippen molar-refractivity contribution >= 4 is 23.4 Å². The van der Waals surface area contributed by atoms with Crippen molar-refractivity contribution in [3.05, 3.63) is 47.6 Å². The Morgan fingerprint density at radius 2 is 2.19 bits per heavy atom. The number of halogens is 1. The van der Waals surface area contributed by atoms with Crippen LogP contribution in [0.15, 0.2) is 36.6 Å². The number of benzene rings is 1. The number of hydrogen-bond donors (Lipinski definition) is 3. The number of nitrogens with two attached hydrogens (primary N) is 1. The Morgan fingerprint density at radius 1 is 1.38 bits per heavy atom. The van der Waals surface area contributed by atoms with Gasteiger partial charge in [-0.15, -0.1) is 0 Å². The zero-order chi connectivity index (χ0) is 14.8. The number of cyclic esters (lactones) is 1. The number of aromatic amines is 1. The molecule has 0 saturated heterocycles. The molecule has 1 aliphatic rings. The molecule has 108 valence electrons. The summed E-state index contributed by atoms with van der Waals surface area (Å²) in [6.07, 6.45) is 2.86. The van der Waals surface area contributed by atoms with Gasteiger partial charge in [-0.05, 0) is 18.6 Å². The number of aromatic nitrogens is 2. The SMILES string of the molecule is N[C@H]1C/C=C/OC(=O)Nc2ccccc2-c2nc1[nH]c2Cl. The number of nitrogens with zero attached hydrogens (tertiary/aromatic N) is 1. The summed E-state index contributed by atoms with van der Waals surface area (Å²) >= 11 is 6.21. The van der Waals surface area contributed by atoms with Gasteiger partial charge in [-0.3, -0.25) is 5.32 Å². The van der Waals surface area contributed by atoms with E-state index in [9.17, 15) is 4.79 Å². The normalized spacial score (nSPS) is 19.5. The Kier molecular flexibility index (Phi) is 3.64. The average Bonchev–Trinajstić information content (AvgIpc) is 2.85. The fraction of sp³-hybridized carbons (Fsp3) is 0.143. The fourth-order valence-corrected chi connectivity index (χ4v) is 2.33. The number of H-pyrrole nitrogens is 1. The summed E-state index contributed by atoms with van der Waals surface area (Å²) in [5, 5.41) is 3.04. The lowest BCUT2D eigenvalue weighted by Gasteiger charge is -2.10. The van der Waals surface area contributed by atoms with Gasteiger partial charge in [0.05, 0.1) is 18.0 Å². The van der Waals surface area contributed by atoms with Gasteiger partial charge >= 0.3 is 6.09 Å². The summed E-state index contributed by atoms with van der Waals surface area (Å²) in [6, 6.07) is 6.84. The van der Waals surface area contributed by atoms with E-state index in [0.29, 0.717) is 34.3 Å². The summed E-state index contributed by atoms with van der Waals surface area (Å²) in [5.41, 5.74) is 7.82. The highest BCUT2D eigenvalue weighted by molar-refractivity contribution is 6.32. The summed E-state index contributed by atoms with van der Waals surface area (Å²) in [6.45, 7) is 0. The van der Waals surface area contributed by atoms with E-state index >= 15 is 0 Å². The maximum Gasteiger partial charge on any atom is 0.416 e. The molecule has 0 aliphatic carbocycles. The molecule has 4 N–H and O–H groups in total. The fourth-order valence-electron chi connectivity index (χ4n) is 2.08. The molecule has 1 amide bonds. The molecule has 2 heterocycles. The van der Waals surface area contributed by atoms with Crippen molar-refractivity contribution < 1.29 is 9.53 Å². The molecule has 0 fully saturated rings. The van der Waals surface area contributed by atoms with E-state index in [2.05, 4.69) is 15.3 Å². The van der Waals surface area contributed by atoms with Crippen molar-refractivity contribution in [2.75, 3.05) is 5.32 Å². The van der Waals surface area contributed by atoms with Gasteiger partial charge < -0.3 is 15.5 Å². The Bertz CT molecular complexity index is 711. The zero-order valence-corrected chi connectivity index (χ0v) is 11.7. The van der Waals surface area contributed by atoms with Gasteiger partial charge in [0, 0.05) is 5.56 Å². The van der Waals surface area contributed by atoms with Gasteiger partial charge in [-0.25, -0.2) is 9.78 Å². The number of anilines is 1. The van der Waals surface area contributed by atoms with Crippen molar-refractivity contribution in [3.8, 4) is 11.3 Å². The summed E-state index contributed by atoms with van der Waals surface area (Å²) in [7, 11) is 0. The molecule has 21 heavy (non-hydrogen) atoms. The molecule has 0 saturated carbocycles. The van der Waals surface area contributed by atoms with E-state index in [-0.39, 0.29) is 6.04 Å². The second-order valence-corrected chi connectivity index (χ2v) is 4.95. The first kappa shape index (κ1) is 13.7. The zero-order valence-electron chi connectivity index (χ0n) is 11.0. The van der Waals surface area contributed by atoms with Crippen molar-refractivity contribution in [1.82, 2.24) is 9.97 Å². The highest BCUT2D eigenvalue weighted by Gasteiger charge is 2.18. The van der Waals surface area contributed by atoms with Crippen LogP contribution in [-0.4, -0.2) is 16.1 Å². The molecule has 0 radical (unpaired) electrons. The van der Waals surface area contributed by atoms with Crippen LogP contribution in [0, 0.1) is 0 Å². The third-order valence-electron chi connectivity index (χ3n) is 3.11. The van der Waals surface area contributed by atoms with Crippen LogP contribution in [0.4, 0.5) is 10.5 Å². The van der Waals surface area contributed by atoms with Gasteiger partial charge in [0.2, 0.25) is 0 Å². The standard InChI is InChI=1S/C14H13ClN4O2/c15-12-11-8-4-1-2-6-10(8)17-14(20)21-7-3-5-9(16)13(18-11)19-12/h1-4,6-7,9H,5,16H2,(H,17,20)(H,18,19)/b7-3+/t9-/m0/s1. The number of fused-ring (bicyclic) bond motifs is 4. The summed E-state index contributed by atoms with van der Waals surface area (Å²) in [4.78, 5) is 19.1. The molecule has 6 nitrogen and oxygen atoms in total. The first-order valence-electron chi connectivity index (χ1n) is 6.38. The van der Waals surface area contributed by atoms with Crippen LogP contribution in [0.5, 0.6) is 0 Å². The molecule has 2 aromatic rings. The van der Waals surface area contributed by atoms with E-state index in [1.165, 1.54) is 6.26 Å². The number of nitrogens with one attached hydrogen (secondary N) is 2. The lowest BCUT2D eigenvalue weighted by molar-refractivity contribution is 0.200. The number of imidazole rings is 1. The number of ether oxygens (including phenoxy) is 1. The molecular formula is C14H13ClN4O2. The molecule has 7 heteroatoms. The van der Waals surface area contributed by atoms with Gasteiger partial charge in [-0.2, -0.15) is 0 Å². The van der Waals surface area contributed by atoms with Crippen LogP contribution in [0.1, 0.15) is 18.3 Å². The number of para-hydroxylation sites is 1. The van der Waals surface area contributed by atoms with E-state index in [1.54, 1.807) is 18.2 Å². The molecule has 3 rings (SSSR count). The second-order valence-electron chi connectivity index (χ2n) is 4.57. The lowest BCUT2D eigenvalue weighted by atomic mass is 10.1. The molecular weight excluding hydrogens is 292 g/mol. The first-order chi connectivity index (χ1) is 10.1. The van der Waals surface area contributed by atoms with Gasteiger partial charge in [0.25, 0.3) is 0 Å². The number of rotatable bonds is 0. The molecule has 2 bridgehead atoms. The van der Waals surface area contributed by atoms with Gasteiger partial charge in [0.15, 0.2) is 0 Å². The minimum absolute atomic E-state index is 0.356. The highest BCUT2D eigenvalue weighted by Crippen LogP contribution is 2.33. The predicted octanol–water partition coefficient (Wildman–Crippen LogP) is 3.20. The number of hydrogen-bond acceptors (Lipinski definition) is 4. The van der Waals surface area contributed by atoms with Gasteiger partial charge in [-0.1, -0.05) is 29.8 Å². The van der Waals surface area contributed by atoms with E-state index in [1.807, 2.05) is 12.1 Å². The smallest absolute Gasteiger partial charge is 0.416 e. The molecule has 0 spiro atoms. The van der Waals surface area contributed by atoms with E-state index in [4.69, 9.17) is 22.1 Å². The topological polar surface area (TPSA) is 93.0 Å². The van der Waals surface area contributed by atoms with Crippen molar-refractivity contribution in [1.29, 1.82) is 0 Å². The number of carbonyl (C=O) groups excluding carboxylic acids is 1. The Labute approximate surface area is 126 Å². The van der Waals surface area contributed by atoms with Crippen LogP contribution in [0.3, 0.4) is 0 Å². The first-order valence-corrected chi connectivity index (χ1v) is 6.76. The summed E-state index contributed by atoms with van der Waals surface area (Å²) in [5.74, 6) is 0.585. The molecule has 0 unspecified atom stereocenters. The monoisotopic (exact) mass is 304 g/mol. The predicted molar refractivity (Wildman–Crippen MR) is 79.8 cm³/mol. The Balaban J connectivity index is 2.14.